The molecule has 6 heterocycles. The molecule has 4 bridgehead atoms. The Bertz CT molecular complexity index is 605. The third-order valence-corrected chi connectivity index (χ3v) is 6.72. The summed E-state index contributed by atoms with van der Waals surface area (Å²) in [6.45, 7) is 0. The second-order valence-corrected chi connectivity index (χ2v) is 7.66. The molecule has 0 aromatic carbocycles. The van der Waals surface area contributed by atoms with Crippen LogP contribution in [0.15, 0.2) is 0 Å². The number of amides is 4. The SMILES string of the molecule is O=C1C2C3CCC(O3)C2C(=O)N1N1C(=O)C2C3CCC(O3)C2C1=O. The van der Waals surface area contributed by atoms with Gasteiger partial charge in [-0.25, -0.2) is 0 Å². The molecule has 24 heavy (non-hydrogen) atoms. The molecular formula is C16H16N2O6. The van der Waals surface area contributed by atoms with Gasteiger partial charge in [0, 0.05) is 0 Å². The van der Waals surface area contributed by atoms with E-state index in [1.54, 1.807) is 0 Å². The van der Waals surface area contributed by atoms with E-state index in [0.717, 1.165) is 35.7 Å². The normalized spacial score (nSPS) is 51.3. The van der Waals surface area contributed by atoms with Crippen molar-refractivity contribution in [2.75, 3.05) is 0 Å². The first-order chi connectivity index (χ1) is 11.6. The highest BCUT2D eigenvalue weighted by atomic mass is 16.5. The van der Waals surface area contributed by atoms with Crippen molar-refractivity contribution in [3.8, 4) is 0 Å². The molecule has 6 aliphatic rings. The van der Waals surface area contributed by atoms with Crippen molar-refractivity contribution in [3.63, 3.8) is 0 Å². The van der Waals surface area contributed by atoms with Gasteiger partial charge >= 0.3 is 0 Å². The Kier molecular flexibility index (Phi) is 2.28. The van der Waals surface area contributed by atoms with Crippen LogP contribution in [0.25, 0.3) is 0 Å². The van der Waals surface area contributed by atoms with E-state index in [1.165, 1.54) is 0 Å². The molecule has 6 fully saturated rings. The van der Waals surface area contributed by atoms with Crippen molar-refractivity contribution in [1.29, 1.82) is 0 Å². The predicted molar refractivity (Wildman–Crippen MR) is 73.5 cm³/mol. The fourth-order valence-electron chi connectivity index (χ4n) is 5.79. The van der Waals surface area contributed by atoms with Crippen molar-refractivity contribution in [2.24, 2.45) is 23.7 Å². The Hall–Kier alpha value is -1.80. The van der Waals surface area contributed by atoms with Crippen LogP contribution >= 0.6 is 0 Å². The molecule has 6 rings (SSSR count). The first kappa shape index (κ1) is 13.5. The van der Waals surface area contributed by atoms with E-state index in [4.69, 9.17) is 9.47 Å². The summed E-state index contributed by atoms with van der Waals surface area (Å²) in [6, 6.07) is 0. The lowest BCUT2D eigenvalue weighted by Crippen LogP contribution is -2.52. The lowest BCUT2D eigenvalue weighted by molar-refractivity contribution is -0.176. The second-order valence-electron chi connectivity index (χ2n) is 7.66. The van der Waals surface area contributed by atoms with Gasteiger partial charge in [-0.3, -0.25) is 19.2 Å². The van der Waals surface area contributed by atoms with Crippen LogP contribution < -0.4 is 0 Å². The van der Waals surface area contributed by atoms with E-state index >= 15 is 0 Å². The van der Waals surface area contributed by atoms with E-state index < -0.39 is 47.3 Å². The summed E-state index contributed by atoms with van der Waals surface area (Å²) in [7, 11) is 0. The van der Waals surface area contributed by atoms with Crippen molar-refractivity contribution in [1.82, 2.24) is 10.0 Å². The Morgan fingerprint density at radius 2 is 0.792 bits per heavy atom. The molecule has 8 unspecified atom stereocenters. The van der Waals surface area contributed by atoms with Gasteiger partial charge in [0.15, 0.2) is 0 Å². The summed E-state index contributed by atoms with van der Waals surface area (Å²) < 4.78 is 11.4. The van der Waals surface area contributed by atoms with E-state index in [9.17, 15) is 19.2 Å². The maximum Gasteiger partial charge on any atom is 0.255 e. The largest absolute Gasteiger partial charge is 0.373 e. The van der Waals surface area contributed by atoms with E-state index in [2.05, 4.69) is 0 Å². The molecule has 8 atom stereocenters. The standard InChI is InChI=1S/C16H16N2O6/c19-13-9-5-1-2-6(23-5)10(9)14(20)17(13)18-15(21)11-7-3-4-8(24-7)12(11)16(18)22/h5-12H,1-4H2. The number of imide groups is 2. The number of fused-ring (bicyclic) bond motifs is 10. The second kappa shape index (κ2) is 4.05. The molecule has 8 nitrogen and oxygen atoms in total. The number of carbonyl (C=O) groups is 4. The van der Waals surface area contributed by atoms with Crippen LogP contribution in [-0.4, -0.2) is 58.1 Å². The van der Waals surface area contributed by atoms with Gasteiger partial charge in [-0.1, -0.05) is 0 Å². The monoisotopic (exact) mass is 332 g/mol. The number of hydrogen-bond donors (Lipinski definition) is 0. The van der Waals surface area contributed by atoms with Crippen LogP contribution in [0.2, 0.25) is 0 Å². The summed E-state index contributed by atoms with van der Waals surface area (Å²) in [5.74, 6) is -3.95. The zero-order chi connectivity index (χ0) is 16.3. The molecular weight excluding hydrogens is 316 g/mol. The van der Waals surface area contributed by atoms with Crippen LogP contribution in [0.1, 0.15) is 25.7 Å². The van der Waals surface area contributed by atoms with Crippen LogP contribution in [0.3, 0.4) is 0 Å². The molecule has 0 aromatic rings. The highest BCUT2D eigenvalue weighted by Crippen LogP contribution is 2.52. The number of hydrazine groups is 1. The first-order valence-electron chi connectivity index (χ1n) is 8.64. The first-order valence-corrected chi connectivity index (χ1v) is 8.64. The van der Waals surface area contributed by atoms with Gasteiger partial charge in [0.05, 0.1) is 48.1 Å². The number of nitrogens with zero attached hydrogens (tertiary/aromatic N) is 2. The van der Waals surface area contributed by atoms with Crippen LogP contribution in [0.4, 0.5) is 0 Å². The highest BCUT2D eigenvalue weighted by molar-refractivity contribution is 6.14. The van der Waals surface area contributed by atoms with Crippen molar-refractivity contribution in [2.45, 2.75) is 50.1 Å². The third kappa shape index (κ3) is 1.28. The van der Waals surface area contributed by atoms with Gasteiger partial charge in [0.25, 0.3) is 23.6 Å². The van der Waals surface area contributed by atoms with Crippen molar-refractivity contribution in [3.05, 3.63) is 0 Å². The van der Waals surface area contributed by atoms with E-state index in [1.807, 2.05) is 0 Å². The highest BCUT2D eigenvalue weighted by Gasteiger charge is 2.69. The summed E-state index contributed by atoms with van der Waals surface area (Å²) in [4.78, 5) is 51.2. The molecule has 0 radical (unpaired) electrons. The molecule has 0 spiro atoms. The third-order valence-electron chi connectivity index (χ3n) is 6.72. The predicted octanol–water partition coefficient (Wildman–Crippen LogP) is -0.774. The van der Waals surface area contributed by atoms with Gasteiger partial charge < -0.3 is 9.47 Å². The van der Waals surface area contributed by atoms with Crippen LogP contribution in [-0.2, 0) is 28.7 Å². The van der Waals surface area contributed by atoms with Gasteiger partial charge in [-0.2, -0.15) is 10.0 Å². The maximum absolute atomic E-state index is 12.8. The van der Waals surface area contributed by atoms with Gasteiger partial charge in [0.1, 0.15) is 0 Å². The van der Waals surface area contributed by atoms with Crippen LogP contribution in [0.5, 0.6) is 0 Å². The molecule has 0 N–H and O–H groups in total. The van der Waals surface area contributed by atoms with Crippen molar-refractivity contribution < 1.29 is 28.7 Å². The minimum absolute atomic E-state index is 0.256. The van der Waals surface area contributed by atoms with Crippen LogP contribution in [0, 0.1) is 23.7 Å². The fourth-order valence-corrected chi connectivity index (χ4v) is 5.79. The number of carbonyl (C=O) groups excluding carboxylic acids is 4. The molecule has 126 valence electrons. The zero-order valence-corrected chi connectivity index (χ0v) is 12.8. The molecule has 4 amide bonds. The lowest BCUT2D eigenvalue weighted by Gasteiger charge is -2.26. The summed E-state index contributed by atoms with van der Waals surface area (Å²) in [5.41, 5.74) is 0. The lowest BCUT2D eigenvalue weighted by atomic mass is 9.81. The van der Waals surface area contributed by atoms with Gasteiger partial charge in [-0.05, 0) is 25.7 Å². The molecule has 8 heteroatoms. The fraction of sp³-hybridized carbons (Fsp3) is 0.750. The quantitative estimate of drug-likeness (QED) is 0.585. The molecule has 0 aromatic heterocycles. The van der Waals surface area contributed by atoms with Gasteiger partial charge in [-0.15, -0.1) is 0 Å². The average molecular weight is 332 g/mol. The van der Waals surface area contributed by atoms with E-state index in [0.29, 0.717) is 0 Å². The van der Waals surface area contributed by atoms with E-state index in [-0.39, 0.29) is 24.4 Å². The summed E-state index contributed by atoms with van der Waals surface area (Å²) in [6.07, 6.45) is 1.99. The average Bonchev–Trinajstić information content (AvgIpc) is 3.36. The Morgan fingerprint density at radius 3 is 1.04 bits per heavy atom. The number of ether oxygens (including phenoxy) is 2. The minimum atomic E-state index is -0.537. The van der Waals surface area contributed by atoms with Gasteiger partial charge in [0.2, 0.25) is 0 Å². The minimum Gasteiger partial charge on any atom is -0.373 e. The number of hydrogen-bond acceptors (Lipinski definition) is 6. The topological polar surface area (TPSA) is 93.2 Å². The maximum atomic E-state index is 12.8. The summed E-state index contributed by atoms with van der Waals surface area (Å²) >= 11 is 0. The Morgan fingerprint density at radius 1 is 0.542 bits per heavy atom. The smallest absolute Gasteiger partial charge is 0.255 e. The number of rotatable bonds is 1. The zero-order valence-electron chi connectivity index (χ0n) is 12.8. The molecule has 6 saturated heterocycles. The molecule has 6 aliphatic heterocycles. The summed E-state index contributed by atoms with van der Waals surface area (Å²) in [5, 5.41) is 1.68. The Balaban J connectivity index is 1.38. The van der Waals surface area contributed by atoms with Crippen molar-refractivity contribution >= 4 is 23.6 Å². The molecule has 0 saturated carbocycles. The molecule has 0 aliphatic carbocycles. The Labute approximate surface area is 137 Å².